The summed E-state index contributed by atoms with van der Waals surface area (Å²) in [7, 11) is -9.28. The summed E-state index contributed by atoms with van der Waals surface area (Å²) in [5.41, 5.74) is 2.07. The number of fused-ring (bicyclic) bond motifs is 1. The van der Waals surface area contributed by atoms with Crippen LogP contribution in [0.1, 0.15) is 33.6 Å². The van der Waals surface area contributed by atoms with Crippen LogP contribution in [0, 0.1) is 0 Å². The van der Waals surface area contributed by atoms with Gasteiger partial charge in [-0.05, 0) is 63.7 Å². The number of nitrogens with one attached hydrogen (secondary N) is 1. The second-order valence-corrected chi connectivity index (χ2v) is 9.25. The monoisotopic (exact) mass is 533 g/mol. The first kappa shape index (κ1) is 34.0. The fraction of sp³-hybridized carbons (Fsp3) is 0.500. The van der Waals surface area contributed by atoms with Gasteiger partial charge in [-0.3, -0.25) is 4.98 Å². The lowest BCUT2D eigenvalue weighted by atomic mass is 10.1. The van der Waals surface area contributed by atoms with Crippen molar-refractivity contribution in [1.82, 2.24) is 9.88 Å². The topological polar surface area (TPSA) is 215 Å². The smallest absolute Gasteiger partial charge is 0.412 e. The van der Waals surface area contributed by atoms with Crippen molar-refractivity contribution in [2.24, 2.45) is 0 Å². The normalized spacial score (nSPS) is 12.1. The van der Waals surface area contributed by atoms with Gasteiger partial charge in [0.1, 0.15) is 0 Å². The van der Waals surface area contributed by atoms with E-state index in [1.165, 1.54) is 13.0 Å². The lowest BCUT2D eigenvalue weighted by molar-refractivity contribution is 0.272. The summed E-state index contributed by atoms with van der Waals surface area (Å²) < 4.78 is 17.8. The molecule has 12 nitrogen and oxygen atoms in total. The summed E-state index contributed by atoms with van der Waals surface area (Å²) in [5, 5.41) is 5.47. The zero-order valence-corrected chi connectivity index (χ0v) is 21.2. The van der Waals surface area contributed by atoms with Gasteiger partial charge in [-0.25, -0.2) is 9.13 Å². The lowest BCUT2D eigenvalue weighted by Gasteiger charge is -2.20. The predicted octanol–water partition coefficient (Wildman–Crippen LogP) is 2.13. The molecule has 0 radical (unpaired) electrons. The first-order valence-corrected chi connectivity index (χ1v) is 13.2. The Morgan fingerprint density at radius 2 is 1.55 bits per heavy atom. The Morgan fingerprint density at radius 3 is 2.03 bits per heavy atom. The quantitative estimate of drug-likeness (QED) is 0.244. The van der Waals surface area contributed by atoms with Crippen LogP contribution in [0.3, 0.4) is 0 Å². The van der Waals surface area contributed by atoms with Gasteiger partial charge in [-0.2, -0.15) is 0 Å². The molecule has 1 heterocycles. The molecule has 192 valence electrons. The molecule has 0 saturated carbocycles. The number of hydrogen-bond donors (Lipinski definition) is 7. The van der Waals surface area contributed by atoms with Crippen LogP contribution in [0.4, 0.5) is 5.69 Å². The average Bonchev–Trinajstić information content (AvgIpc) is 2.62. The minimum absolute atomic E-state index is 0. The molecule has 0 amide bonds. The highest BCUT2D eigenvalue weighted by Crippen LogP contribution is 2.26. The van der Waals surface area contributed by atoms with E-state index in [0.29, 0.717) is 6.04 Å². The molecule has 0 fully saturated rings. The largest absolute Gasteiger partial charge is 0.466 e. The molecule has 0 aliphatic carbocycles. The van der Waals surface area contributed by atoms with Crippen LogP contribution in [-0.2, 0) is 9.13 Å². The molecular formula is C18H34ClN3O9P2. The Labute approximate surface area is 198 Å². The van der Waals surface area contributed by atoms with Gasteiger partial charge in [-0.15, -0.1) is 0 Å². The van der Waals surface area contributed by atoms with Crippen LogP contribution < -0.4 is 5.32 Å². The van der Waals surface area contributed by atoms with Crippen LogP contribution in [0.5, 0.6) is 0 Å². The number of benzene rings is 1. The Kier molecular flexibility index (Phi) is 17.0. The van der Waals surface area contributed by atoms with Gasteiger partial charge < -0.3 is 45.1 Å². The third-order valence-electron chi connectivity index (χ3n) is 4.11. The summed E-state index contributed by atoms with van der Waals surface area (Å²) in [6, 6.07) is 8.35. The van der Waals surface area contributed by atoms with Crippen LogP contribution >= 0.6 is 27.2 Å². The Hall–Kier alpha value is -1.14. The van der Waals surface area contributed by atoms with Crippen LogP contribution in [-0.4, -0.2) is 70.4 Å². The molecule has 2 aromatic rings. The molecule has 1 atom stereocenters. The number of aromatic nitrogens is 1. The van der Waals surface area contributed by atoms with Crippen molar-refractivity contribution in [2.45, 2.75) is 39.7 Å². The van der Waals surface area contributed by atoms with Gasteiger partial charge in [0, 0.05) is 28.3 Å². The number of phosphoric acid groups is 2. The van der Waals surface area contributed by atoms with E-state index in [1.54, 1.807) is 0 Å². The molecule has 0 aliphatic rings. The number of pyridine rings is 1. The maximum absolute atomic E-state index is 8.88. The molecule has 0 aliphatic heterocycles. The second kappa shape index (κ2) is 16.5. The molecule has 1 aromatic heterocycles. The number of nitrogens with zero attached hydrogens (tertiary/aromatic N) is 2. The highest BCUT2D eigenvalue weighted by molar-refractivity contribution is 7.45. The summed E-state index contributed by atoms with van der Waals surface area (Å²) in [6.07, 6.45) is 4.21. The molecule has 0 bridgehead atoms. The number of rotatable bonds is 8. The highest BCUT2D eigenvalue weighted by Gasteiger charge is 2.07. The van der Waals surface area contributed by atoms with Gasteiger partial charge in [0.2, 0.25) is 0 Å². The zero-order valence-electron chi connectivity index (χ0n) is 18.7. The molecule has 1 unspecified atom stereocenters. The van der Waals surface area contributed by atoms with Crippen molar-refractivity contribution in [3.63, 3.8) is 0 Å². The van der Waals surface area contributed by atoms with E-state index in [9.17, 15) is 0 Å². The van der Waals surface area contributed by atoms with E-state index >= 15 is 0 Å². The fourth-order valence-corrected chi connectivity index (χ4v) is 2.91. The fourth-order valence-electron chi connectivity index (χ4n) is 2.75. The van der Waals surface area contributed by atoms with Crippen molar-refractivity contribution in [1.29, 1.82) is 0 Å². The van der Waals surface area contributed by atoms with Crippen molar-refractivity contribution >= 4 is 43.8 Å². The first-order valence-electron chi connectivity index (χ1n) is 9.73. The molecule has 9 N–H and O–H groups in total. The van der Waals surface area contributed by atoms with Gasteiger partial charge in [0.25, 0.3) is 0 Å². The third kappa shape index (κ3) is 20.0. The number of hydrogen-bond acceptors (Lipinski definition) is 5. The van der Waals surface area contributed by atoms with E-state index in [1.807, 2.05) is 30.5 Å². The summed E-state index contributed by atoms with van der Waals surface area (Å²) in [5.74, 6) is 0. The van der Waals surface area contributed by atoms with Gasteiger partial charge in [-0.1, -0.05) is 25.4 Å². The van der Waals surface area contributed by atoms with Gasteiger partial charge in [0.05, 0.1) is 5.52 Å². The average molecular weight is 534 g/mol. The van der Waals surface area contributed by atoms with Crippen molar-refractivity contribution in [2.75, 3.05) is 25.0 Å². The first-order chi connectivity index (χ1) is 14.6. The van der Waals surface area contributed by atoms with Gasteiger partial charge in [0.15, 0.2) is 0 Å². The molecule has 15 heteroatoms. The van der Waals surface area contributed by atoms with E-state index in [0.717, 1.165) is 41.1 Å². The van der Waals surface area contributed by atoms with E-state index in [-0.39, 0.29) is 5.48 Å². The maximum atomic E-state index is 8.88. The minimum Gasteiger partial charge on any atom is -0.412 e. The maximum Gasteiger partial charge on any atom is 0.466 e. The van der Waals surface area contributed by atoms with Crippen LogP contribution in [0.25, 0.3) is 10.9 Å². The predicted molar refractivity (Wildman–Crippen MR) is 129 cm³/mol. The van der Waals surface area contributed by atoms with Crippen molar-refractivity contribution in [3.8, 4) is 0 Å². The van der Waals surface area contributed by atoms with Gasteiger partial charge >= 0.3 is 15.6 Å². The molecular weight excluding hydrogens is 500 g/mol. The van der Waals surface area contributed by atoms with Crippen molar-refractivity contribution < 1.29 is 44.0 Å². The Morgan fingerprint density at radius 1 is 1.03 bits per heavy atom. The number of anilines is 1. The van der Waals surface area contributed by atoms with Crippen LogP contribution in [0.15, 0.2) is 30.5 Å². The minimum atomic E-state index is -4.64. The zero-order chi connectivity index (χ0) is 24.9. The summed E-state index contributed by atoms with van der Waals surface area (Å²) >= 11 is 6.04. The number of halogens is 1. The molecule has 33 heavy (non-hydrogen) atoms. The highest BCUT2D eigenvalue weighted by atomic mass is 35.5. The standard InChI is InChI=1S/C18H26ClN3.2H3O4P.H2O/c1-4-22(5-2)12-6-7-14(3)21-17-10-11-20-18-13-15(19)8-9-16(17)18;2*1-5(2,3)4;/h8-11,13-14H,4-7,12H2,1-3H3,(H,20,21);2*(H3,1,2,3,4);1H2. The lowest BCUT2D eigenvalue weighted by Crippen LogP contribution is -2.25. The second-order valence-electron chi connectivity index (χ2n) is 6.76. The van der Waals surface area contributed by atoms with Crippen LogP contribution in [0.2, 0.25) is 5.02 Å². The summed E-state index contributed by atoms with van der Waals surface area (Å²) in [4.78, 5) is 50.0. The van der Waals surface area contributed by atoms with E-state index in [4.69, 9.17) is 50.1 Å². The molecule has 2 rings (SSSR count). The van der Waals surface area contributed by atoms with E-state index < -0.39 is 15.6 Å². The van der Waals surface area contributed by atoms with E-state index in [2.05, 4.69) is 36.0 Å². The Balaban J connectivity index is 0. The van der Waals surface area contributed by atoms with Crippen molar-refractivity contribution in [3.05, 3.63) is 35.5 Å². The SMILES string of the molecule is CCN(CC)CCCC(C)Nc1ccnc2cc(Cl)ccc12.O.O=P(O)(O)O.O=P(O)(O)O. The molecule has 0 spiro atoms. The third-order valence-corrected chi connectivity index (χ3v) is 4.35. The summed E-state index contributed by atoms with van der Waals surface area (Å²) in [6.45, 7) is 10.1. The molecule has 0 saturated heterocycles. The Bertz CT molecular complexity index is 870. The molecule has 1 aromatic carbocycles.